The molecule has 2 aromatic rings. The van der Waals surface area contributed by atoms with Gasteiger partial charge in [0.1, 0.15) is 11.7 Å². The monoisotopic (exact) mass is 533 g/mol. The van der Waals surface area contributed by atoms with Crippen LogP contribution in [0.2, 0.25) is 0 Å². The van der Waals surface area contributed by atoms with Gasteiger partial charge in [-0.3, -0.25) is 4.79 Å². The van der Waals surface area contributed by atoms with Crippen LogP contribution in [0.1, 0.15) is 52.0 Å². The summed E-state index contributed by atoms with van der Waals surface area (Å²) in [5.74, 6) is 0.303. The summed E-state index contributed by atoms with van der Waals surface area (Å²) in [7, 11) is -0.625. The lowest BCUT2D eigenvalue weighted by Crippen LogP contribution is -2.65. The van der Waals surface area contributed by atoms with Gasteiger partial charge in [0, 0.05) is 11.9 Å². The molecule has 5 aliphatic rings. The Labute approximate surface area is 229 Å². The van der Waals surface area contributed by atoms with Crippen LogP contribution in [0.5, 0.6) is 0 Å². The van der Waals surface area contributed by atoms with Gasteiger partial charge in [0.15, 0.2) is 0 Å². The Hall–Kier alpha value is -3.03. The zero-order valence-electron chi connectivity index (χ0n) is 22.9. The molecule has 2 bridgehead atoms. The minimum Gasteiger partial charge on any atom is -0.464 e. The summed E-state index contributed by atoms with van der Waals surface area (Å²) in [6.07, 6.45) is 4.68. The number of carbonyl (C=O) groups is 2. The second-order valence-electron chi connectivity index (χ2n) is 12.4. The molecule has 206 valence electrons. The third-order valence-electron chi connectivity index (χ3n) is 9.82. The molecule has 5 fully saturated rings. The van der Waals surface area contributed by atoms with Gasteiger partial charge in [-0.1, -0.05) is 32.0 Å². The van der Waals surface area contributed by atoms with Gasteiger partial charge in [-0.05, 0) is 67.9 Å². The fraction of sp³-hybridized carbons (Fsp3) is 0.621. The summed E-state index contributed by atoms with van der Waals surface area (Å²) in [5, 5.41) is 4.04. The largest absolute Gasteiger partial charge is 0.482 e. The third kappa shape index (κ3) is 4.59. The molecule has 0 radical (unpaired) electrons. The lowest BCUT2D eigenvalue weighted by molar-refractivity contribution is -0.199. The van der Waals surface area contributed by atoms with Crippen molar-refractivity contribution in [3.63, 3.8) is 0 Å². The number of rotatable bonds is 6. The highest BCUT2D eigenvalue weighted by atomic mass is 16.7. The number of likely N-dealkylation sites (tertiary alicyclic amines) is 1. The van der Waals surface area contributed by atoms with Gasteiger partial charge in [0.05, 0.1) is 30.5 Å². The summed E-state index contributed by atoms with van der Waals surface area (Å²) in [6.45, 7) is 14.5. The maximum atomic E-state index is 13.2. The van der Waals surface area contributed by atoms with Crippen molar-refractivity contribution in [3.8, 4) is 0 Å². The molecule has 1 aromatic heterocycles. The molecule has 7 rings (SSSR count). The van der Waals surface area contributed by atoms with E-state index >= 15 is 0 Å². The van der Waals surface area contributed by atoms with E-state index in [1.54, 1.807) is 11.2 Å². The van der Waals surface area contributed by atoms with Gasteiger partial charge >= 0.3 is 19.1 Å². The number of fused-ring (bicyclic) bond motifs is 1. The number of hydrogen-bond acceptors (Lipinski definition) is 6. The van der Waals surface area contributed by atoms with E-state index in [-0.39, 0.29) is 24.0 Å². The fourth-order valence-electron chi connectivity index (χ4n) is 7.48. The van der Waals surface area contributed by atoms with E-state index in [4.69, 9.17) is 25.0 Å². The van der Waals surface area contributed by atoms with Crippen molar-refractivity contribution in [3.05, 3.63) is 47.5 Å². The fourth-order valence-corrected chi connectivity index (χ4v) is 7.48. The first kappa shape index (κ1) is 26.2. The van der Waals surface area contributed by atoms with Crippen molar-refractivity contribution < 1.29 is 28.1 Å². The standard InChI is InChI=1S/C29H36BN3O6/c1-28(2)19-13-23(28)29(3)24(14-19)38-30(39-29)25(12-18-17-36-22-10-6-5-9-21(18)22)32-27(35)37-20-8-7-11-33(16-20)26(34)15-31-4/h5-6,9-10,17,19-20,23-25H,7-8,11-16H2,1-3H3,(H,32,35)/t19-,20-,23-,24+,25-,29-/m0/s1. The van der Waals surface area contributed by atoms with Crippen LogP contribution in [0, 0.1) is 23.8 Å². The van der Waals surface area contributed by atoms with Crippen molar-refractivity contribution >= 4 is 30.1 Å². The Balaban J connectivity index is 1.19. The quantitative estimate of drug-likeness (QED) is 0.441. The van der Waals surface area contributed by atoms with E-state index in [1.807, 2.05) is 24.3 Å². The molecule has 10 heteroatoms. The average Bonchev–Trinajstić information content (AvgIpc) is 3.49. The predicted octanol–water partition coefficient (Wildman–Crippen LogP) is 4.25. The molecule has 39 heavy (non-hydrogen) atoms. The highest BCUT2D eigenvalue weighted by Gasteiger charge is 2.68. The first-order valence-electron chi connectivity index (χ1n) is 14.1. The van der Waals surface area contributed by atoms with E-state index in [0.717, 1.165) is 35.8 Å². The predicted molar refractivity (Wildman–Crippen MR) is 145 cm³/mol. The SMILES string of the molecule is [C-]#[N+]CC(=O)N1CCC[C@H](OC(=O)N[C@@H](Cc2coc3ccccc23)B2O[C@@H]3C[C@@H]4C[C@@H](C4(C)C)[C@]3(C)O2)C1. The molecule has 6 atom stereocenters. The van der Waals surface area contributed by atoms with Crippen LogP contribution in [0.25, 0.3) is 15.8 Å². The molecule has 1 aromatic carbocycles. The average molecular weight is 533 g/mol. The van der Waals surface area contributed by atoms with E-state index in [0.29, 0.717) is 37.8 Å². The van der Waals surface area contributed by atoms with Crippen LogP contribution in [-0.4, -0.2) is 67.4 Å². The summed E-state index contributed by atoms with van der Waals surface area (Å²) >= 11 is 0. The number of ether oxygens (including phenoxy) is 1. The molecule has 2 saturated heterocycles. The molecule has 2 aliphatic heterocycles. The van der Waals surface area contributed by atoms with Gasteiger partial charge in [-0.2, -0.15) is 0 Å². The van der Waals surface area contributed by atoms with Gasteiger partial charge in [-0.15, -0.1) is 0 Å². The molecule has 3 heterocycles. The van der Waals surface area contributed by atoms with E-state index in [2.05, 4.69) is 30.9 Å². The number of nitrogens with zero attached hydrogens (tertiary/aromatic N) is 2. The maximum Gasteiger partial charge on any atom is 0.482 e. The molecule has 2 amide bonds. The van der Waals surface area contributed by atoms with Gasteiger partial charge in [0.25, 0.3) is 6.54 Å². The van der Waals surface area contributed by atoms with Crippen molar-refractivity contribution in [2.24, 2.45) is 17.3 Å². The molecular weight excluding hydrogens is 497 g/mol. The lowest BCUT2D eigenvalue weighted by atomic mass is 9.43. The Morgan fingerprint density at radius 1 is 1.28 bits per heavy atom. The number of furan rings is 1. The van der Waals surface area contributed by atoms with Gasteiger partial charge in [-0.25, -0.2) is 11.4 Å². The minimum absolute atomic E-state index is 0.0129. The molecule has 0 spiro atoms. The number of para-hydroxylation sites is 1. The number of piperidine rings is 1. The van der Waals surface area contributed by atoms with Crippen LogP contribution in [-0.2, 0) is 25.3 Å². The number of hydrogen-bond donors (Lipinski definition) is 1. The summed E-state index contributed by atoms with van der Waals surface area (Å²) in [4.78, 5) is 30.2. The van der Waals surface area contributed by atoms with Gasteiger partial charge in [0.2, 0.25) is 0 Å². The van der Waals surface area contributed by atoms with E-state index in [9.17, 15) is 9.59 Å². The molecular formula is C29H36BN3O6. The van der Waals surface area contributed by atoms with Gasteiger partial charge < -0.3 is 33.5 Å². The van der Waals surface area contributed by atoms with E-state index < -0.39 is 30.9 Å². The van der Waals surface area contributed by atoms with Crippen molar-refractivity contribution in [1.82, 2.24) is 10.2 Å². The van der Waals surface area contributed by atoms with Crippen LogP contribution in [0.4, 0.5) is 4.79 Å². The van der Waals surface area contributed by atoms with Crippen LogP contribution >= 0.6 is 0 Å². The zero-order valence-corrected chi connectivity index (χ0v) is 22.9. The number of carbonyl (C=O) groups excluding carboxylic acids is 2. The van der Waals surface area contributed by atoms with Crippen LogP contribution in [0.3, 0.4) is 0 Å². The second kappa shape index (κ2) is 9.86. The Morgan fingerprint density at radius 2 is 2.10 bits per heavy atom. The Morgan fingerprint density at radius 3 is 2.90 bits per heavy atom. The Bertz CT molecular complexity index is 1310. The first-order valence-corrected chi connectivity index (χ1v) is 14.1. The van der Waals surface area contributed by atoms with Crippen molar-refractivity contribution in [1.29, 1.82) is 0 Å². The normalized spacial score (nSPS) is 31.6. The molecule has 1 N–H and O–H groups in total. The number of nitrogens with one attached hydrogen (secondary N) is 1. The second-order valence-corrected chi connectivity index (χ2v) is 12.4. The van der Waals surface area contributed by atoms with Crippen LogP contribution < -0.4 is 5.32 Å². The molecule has 3 saturated carbocycles. The smallest absolute Gasteiger partial charge is 0.464 e. The number of alkyl carbamates (subject to hydrolysis) is 1. The summed E-state index contributed by atoms with van der Waals surface area (Å²) in [6, 6.07) is 7.83. The Kier molecular flexibility index (Phi) is 6.63. The van der Waals surface area contributed by atoms with Crippen molar-refractivity contribution in [2.75, 3.05) is 19.6 Å². The number of benzene rings is 1. The zero-order chi connectivity index (χ0) is 27.4. The highest BCUT2D eigenvalue weighted by molar-refractivity contribution is 6.48. The van der Waals surface area contributed by atoms with E-state index in [1.165, 1.54) is 0 Å². The molecule has 0 unspecified atom stereocenters. The van der Waals surface area contributed by atoms with Crippen molar-refractivity contribution in [2.45, 2.75) is 76.6 Å². The maximum absolute atomic E-state index is 13.2. The first-order chi connectivity index (χ1) is 18.7. The number of amides is 2. The lowest BCUT2D eigenvalue weighted by Gasteiger charge is -2.64. The topological polar surface area (TPSA) is 94.6 Å². The molecule has 3 aliphatic carbocycles. The highest BCUT2D eigenvalue weighted by Crippen LogP contribution is 2.65. The van der Waals surface area contributed by atoms with Crippen LogP contribution in [0.15, 0.2) is 34.9 Å². The summed E-state index contributed by atoms with van der Waals surface area (Å²) < 4.78 is 24.8. The molecule has 9 nitrogen and oxygen atoms in total. The third-order valence-corrected chi connectivity index (χ3v) is 9.82. The minimum atomic E-state index is -0.625. The summed E-state index contributed by atoms with van der Waals surface area (Å²) in [5.41, 5.74) is 1.56.